The van der Waals surface area contributed by atoms with E-state index in [2.05, 4.69) is 20.6 Å². The average Bonchev–Trinajstić information content (AvgIpc) is 3.19. The van der Waals surface area contributed by atoms with Crippen LogP contribution in [0.2, 0.25) is 0 Å². The maximum atomic E-state index is 12.4. The number of likely N-dealkylation sites (tertiary alicyclic amines) is 1. The van der Waals surface area contributed by atoms with Gasteiger partial charge in [-0.15, -0.1) is 0 Å². The van der Waals surface area contributed by atoms with Crippen molar-refractivity contribution in [3.8, 4) is 0 Å². The zero-order chi connectivity index (χ0) is 22.4. The SMILES string of the molecule is CC(C)(C)OC(=O)NCCC(=O)N1CCC(CNC(=O)c2ccc3nc[nH]c3c2)CC1. The predicted octanol–water partition coefficient (Wildman–Crippen LogP) is 2.45. The molecule has 1 aromatic carbocycles. The zero-order valence-corrected chi connectivity index (χ0v) is 18.4. The average molecular weight is 430 g/mol. The van der Waals surface area contributed by atoms with Crippen LogP contribution in [0.25, 0.3) is 11.0 Å². The number of aromatic amines is 1. The van der Waals surface area contributed by atoms with E-state index in [9.17, 15) is 14.4 Å². The maximum absolute atomic E-state index is 12.4. The monoisotopic (exact) mass is 429 g/mol. The lowest BCUT2D eigenvalue weighted by atomic mass is 9.96. The van der Waals surface area contributed by atoms with Gasteiger partial charge in [0, 0.05) is 38.2 Å². The smallest absolute Gasteiger partial charge is 0.407 e. The van der Waals surface area contributed by atoms with Gasteiger partial charge in [-0.05, 0) is 57.7 Å². The molecule has 0 unspecified atom stereocenters. The van der Waals surface area contributed by atoms with Crippen molar-refractivity contribution < 1.29 is 19.1 Å². The highest BCUT2D eigenvalue weighted by atomic mass is 16.6. The molecule has 0 spiro atoms. The Bertz CT molecular complexity index is 925. The molecule has 31 heavy (non-hydrogen) atoms. The molecule has 1 aliphatic heterocycles. The molecule has 168 valence electrons. The third-order valence-corrected chi connectivity index (χ3v) is 5.21. The first-order valence-electron chi connectivity index (χ1n) is 10.7. The summed E-state index contributed by atoms with van der Waals surface area (Å²) in [5.41, 5.74) is 1.70. The Morgan fingerprint density at radius 3 is 2.65 bits per heavy atom. The first-order valence-corrected chi connectivity index (χ1v) is 10.7. The Morgan fingerprint density at radius 2 is 1.94 bits per heavy atom. The standard InChI is InChI=1S/C22H31N5O4/c1-22(2,3)31-21(30)23-9-6-19(28)27-10-7-15(8-11-27)13-24-20(29)16-4-5-17-18(12-16)26-14-25-17/h4-5,12,14-15H,6-11,13H2,1-3H3,(H,23,30)(H,24,29)(H,25,26). The van der Waals surface area contributed by atoms with Crippen molar-refractivity contribution in [3.05, 3.63) is 30.1 Å². The Balaban J connectivity index is 1.35. The molecule has 0 saturated carbocycles. The molecule has 0 radical (unpaired) electrons. The van der Waals surface area contributed by atoms with E-state index < -0.39 is 11.7 Å². The molecule has 0 aliphatic carbocycles. The number of fused-ring (bicyclic) bond motifs is 1. The molecule has 1 aliphatic rings. The molecule has 3 amide bonds. The topological polar surface area (TPSA) is 116 Å². The summed E-state index contributed by atoms with van der Waals surface area (Å²) in [7, 11) is 0. The lowest BCUT2D eigenvalue weighted by molar-refractivity contribution is -0.132. The van der Waals surface area contributed by atoms with Gasteiger partial charge in [-0.2, -0.15) is 0 Å². The number of benzene rings is 1. The van der Waals surface area contributed by atoms with Crippen molar-refractivity contribution in [1.82, 2.24) is 25.5 Å². The van der Waals surface area contributed by atoms with Crippen LogP contribution in [0.3, 0.4) is 0 Å². The summed E-state index contributed by atoms with van der Waals surface area (Å²) in [6.45, 7) is 7.54. The molecular weight excluding hydrogens is 398 g/mol. The van der Waals surface area contributed by atoms with Crippen LogP contribution < -0.4 is 10.6 Å². The molecule has 3 rings (SSSR count). The summed E-state index contributed by atoms with van der Waals surface area (Å²) >= 11 is 0. The minimum Gasteiger partial charge on any atom is -0.444 e. The van der Waals surface area contributed by atoms with Gasteiger partial charge in [0.1, 0.15) is 5.60 Å². The van der Waals surface area contributed by atoms with Crippen LogP contribution in [0.15, 0.2) is 24.5 Å². The molecule has 9 nitrogen and oxygen atoms in total. The van der Waals surface area contributed by atoms with Crippen molar-refractivity contribution in [1.29, 1.82) is 0 Å². The summed E-state index contributed by atoms with van der Waals surface area (Å²) in [5.74, 6) is 0.249. The largest absolute Gasteiger partial charge is 0.444 e. The zero-order valence-electron chi connectivity index (χ0n) is 18.4. The van der Waals surface area contributed by atoms with Crippen LogP contribution in [0, 0.1) is 5.92 Å². The first-order chi connectivity index (χ1) is 14.7. The van der Waals surface area contributed by atoms with Crippen molar-refractivity contribution in [2.75, 3.05) is 26.2 Å². The number of aromatic nitrogens is 2. The molecule has 1 saturated heterocycles. The second-order valence-corrected chi connectivity index (χ2v) is 8.85. The maximum Gasteiger partial charge on any atom is 0.407 e. The van der Waals surface area contributed by atoms with E-state index in [-0.39, 0.29) is 24.8 Å². The number of rotatable bonds is 6. The van der Waals surface area contributed by atoms with E-state index in [0.29, 0.717) is 31.1 Å². The van der Waals surface area contributed by atoms with Crippen LogP contribution in [0.4, 0.5) is 4.79 Å². The molecule has 2 heterocycles. The Hall–Kier alpha value is -3.10. The van der Waals surface area contributed by atoms with Gasteiger partial charge >= 0.3 is 6.09 Å². The van der Waals surface area contributed by atoms with Crippen molar-refractivity contribution in [2.24, 2.45) is 5.92 Å². The van der Waals surface area contributed by atoms with Gasteiger partial charge in [-0.3, -0.25) is 9.59 Å². The first kappa shape index (κ1) is 22.6. The van der Waals surface area contributed by atoms with Gasteiger partial charge in [0.05, 0.1) is 17.4 Å². The molecule has 3 N–H and O–H groups in total. The molecule has 2 aromatic rings. The lowest BCUT2D eigenvalue weighted by Gasteiger charge is -2.32. The number of imidazole rings is 1. The molecule has 1 fully saturated rings. The van der Waals surface area contributed by atoms with Crippen LogP contribution in [-0.2, 0) is 9.53 Å². The van der Waals surface area contributed by atoms with E-state index >= 15 is 0 Å². The van der Waals surface area contributed by atoms with E-state index in [0.717, 1.165) is 23.9 Å². The van der Waals surface area contributed by atoms with Crippen LogP contribution in [-0.4, -0.2) is 64.6 Å². The molecule has 1 aromatic heterocycles. The van der Waals surface area contributed by atoms with E-state index in [1.807, 2.05) is 11.0 Å². The van der Waals surface area contributed by atoms with E-state index in [1.165, 1.54) is 0 Å². The van der Waals surface area contributed by atoms with Gasteiger partial charge in [0.15, 0.2) is 0 Å². The van der Waals surface area contributed by atoms with Crippen molar-refractivity contribution in [3.63, 3.8) is 0 Å². The summed E-state index contributed by atoms with van der Waals surface area (Å²) in [5, 5.41) is 5.61. The number of carbonyl (C=O) groups is 3. The van der Waals surface area contributed by atoms with Crippen molar-refractivity contribution in [2.45, 2.75) is 45.6 Å². The summed E-state index contributed by atoms with van der Waals surface area (Å²) in [6.07, 6.45) is 3.02. The highest BCUT2D eigenvalue weighted by molar-refractivity contribution is 5.97. The Labute approximate surface area is 181 Å². The fraction of sp³-hybridized carbons (Fsp3) is 0.545. The van der Waals surface area contributed by atoms with E-state index in [1.54, 1.807) is 39.2 Å². The third kappa shape index (κ3) is 6.70. The number of hydrogen-bond donors (Lipinski definition) is 3. The number of amides is 3. The van der Waals surface area contributed by atoms with Crippen LogP contribution in [0.5, 0.6) is 0 Å². The highest BCUT2D eigenvalue weighted by Gasteiger charge is 2.23. The normalized spacial score (nSPS) is 15.0. The number of carbonyl (C=O) groups excluding carboxylic acids is 3. The summed E-state index contributed by atoms with van der Waals surface area (Å²) in [6, 6.07) is 5.39. The van der Waals surface area contributed by atoms with E-state index in [4.69, 9.17) is 4.74 Å². The minimum absolute atomic E-state index is 0.0198. The van der Waals surface area contributed by atoms with Crippen LogP contribution in [0.1, 0.15) is 50.4 Å². The number of alkyl carbamates (subject to hydrolysis) is 1. The second-order valence-electron chi connectivity index (χ2n) is 8.85. The number of hydrogen-bond acceptors (Lipinski definition) is 5. The van der Waals surface area contributed by atoms with Crippen molar-refractivity contribution >= 4 is 28.9 Å². The van der Waals surface area contributed by atoms with Gasteiger partial charge in [-0.25, -0.2) is 9.78 Å². The number of H-pyrrole nitrogens is 1. The summed E-state index contributed by atoms with van der Waals surface area (Å²) < 4.78 is 5.16. The minimum atomic E-state index is -0.558. The fourth-order valence-corrected chi connectivity index (χ4v) is 3.55. The van der Waals surface area contributed by atoms with Gasteiger partial charge < -0.3 is 25.3 Å². The van der Waals surface area contributed by atoms with Gasteiger partial charge in [0.25, 0.3) is 5.91 Å². The molecule has 9 heteroatoms. The molecule has 0 atom stereocenters. The van der Waals surface area contributed by atoms with Crippen LogP contribution >= 0.6 is 0 Å². The fourth-order valence-electron chi connectivity index (χ4n) is 3.55. The Morgan fingerprint density at radius 1 is 1.19 bits per heavy atom. The van der Waals surface area contributed by atoms with Gasteiger partial charge in [-0.1, -0.05) is 0 Å². The quantitative estimate of drug-likeness (QED) is 0.652. The number of nitrogens with zero attached hydrogens (tertiary/aromatic N) is 2. The molecular formula is C22H31N5O4. The summed E-state index contributed by atoms with van der Waals surface area (Å²) in [4.78, 5) is 45.4. The highest BCUT2D eigenvalue weighted by Crippen LogP contribution is 2.18. The Kier molecular flexibility index (Phi) is 7.14. The number of piperidine rings is 1. The predicted molar refractivity (Wildman–Crippen MR) is 117 cm³/mol. The van der Waals surface area contributed by atoms with Gasteiger partial charge in [0.2, 0.25) is 5.91 Å². The lowest BCUT2D eigenvalue weighted by Crippen LogP contribution is -2.42. The molecule has 0 bridgehead atoms. The third-order valence-electron chi connectivity index (χ3n) is 5.21. The second kappa shape index (κ2) is 9.80. The number of ether oxygens (including phenoxy) is 1. The number of nitrogens with one attached hydrogen (secondary N) is 3.